The molecule has 0 fully saturated rings. The van der Waals surface area contributed by atoms with Crippen LogP contribution in [0.25, 0.3) is 0 Å². The van der Waals surface area contributed by atoms with Crippen molar-refractivity contribution in [3.8, 4) is 0 Å². The van der Waals surface area contributed by atoms with E-state index in [1.807, 2.05) is 74.5 Å². The summed E-state index contributed by atoms with van der Waals surface area (Å²) in [7, 11) is 0. The molecule has 2 N–H and O–H groups in total. The molecule has 2 aromatic carbocycles. The Bertz CT molecular complexity index is 458. The molecule has 0 saturated carbocycles. The number of hydrogen-bond acceptors (Lipinski definition) is 2. The van der Waals surface area contributed by atoms with Gasteiger partial charge in [0.15, 0.2) is 0 Å². The Morgan fingerprint density at radius 3 is 1.32 bits per heavy atom. The molecule has 2 heteroatoms. The second-order valence-electron chi connectivity index (χ2n) is 5.45. The fraction of sp³-hybridized carbons (Fsp3) is 0.294. The number of rotatable bonds is 4. The Morgan fingerprint density at radius 1 is 0.684 bits per heavy atom. The summed E-state index contributed by atoms with van der Waals surface area (Å²) < 4.78 is 0. The van der Waals surface area contributed by atoms with Crippen LogP contribution in [-0.4, -0.2) is 10.2 Å². The third-order valence-corrected chi connectivity index (χ3v) is 3.64. The lowest BCUT2D eigenvalue weighted by Crippen LogP contribution is -2.29. The van der Waals surface area contributed by atoms with Crippen LogP contribution in [0.5, 0.6) is 0 Å². The maximum absolute atomic E-state index is 10.5. The normalized spacial score (nSPS) is 14.9. The number of aliphatic hydroxyl groups is 2. The van der Waals surface area contributed by atoms with Gasteiger partial charge in [-0.3, -0.25) is 0 Å². The van der Waals surface area contributed by atoms with Gasteiger partial charge in [0.25, 0.3) is 0 Å². The van der Waals surface area contributed by atoms with Gasteiger partial charge < -0.3 is 10.2 Å². The summed E-state index contributed by atoms with van der Waals surface area (Å²) in [6.45, 7) is 3.75. The van der Waals surface area contributed by atoms with Crippen molar-refractivity contribution in [3.63, 3.8) is 0 Å². The van der Waals surface area contributed by atoms with Crippen LogP contribution in [0.3, 0.4) is 0 Å². The molecule has 2 aromatic rings. The summed E-state index contributed by atoms with van der Waals surface area (Å²) in [4.78, 5) is 0. The molecule has 19 heavy (non-hydrogen) atoms. The van der Waals surface area contributed by atoms with Crippen molar-refractivity contribution in [2.45, 2.75) is 26.1 Å². The van der Waals surface area contributed by atoms with Crippen LogP contribution in [0, 0.1) is 5.41 Å². The van der Waals surface area contributed by atoms with E-state index < -0.39 is 17.6 Å². The summed E-state index contributed by atoms with van der Waals surface area (Å²) in [5.41, 5.74) is 0.980. The van der Waals surface area contributed by atoms with Crippen molar-refractivity contribution >= 4 is 0 Å². The van der Waals surface area contributed by atoms with Crippen LogP contribution in [0.15, 0.2) is 60.7 Å². The SMILES string of the molecule is CC(C)([C@H](O)c1ccccc1)[C@@H](O)c1ccccc1. The third-order valence-electron chi connectivity index (χ3n) is 3.64. The van der Waals surface area contributed by atoms with Gasteiger partial charge in [-0.1, -0.05) is 74.5 Å². The highest BCUT2D eigenvalue weighted by molar-refractivity contribution is 5.24. The smallest absolute Gasteiger partial charge is 0.0869 e. The molecular weight excluding hydrogens is 236 g/mol. The molecule has 100 valence electrons. The van der Waals surface area contributed by atoms with Crippen LogP contribution >= 0.6 is 0 Å². The number of benzene rings is 2. The first-order chi connectivity index (χ1) is 9.03. The minimum atomic E-state index is -0.719. The predicted molar refractivity (Wildman–Crippen MR) is 76.6 cm³/mol. The minimum Gasteiger partial charge on any atom is -0.388 e. The number of aliphatic hydroxyl groups excluding tert-OH is 2. The molecule has 0 aliphatic rings. The molecule has 0 bridgehead atoms. The predicted octanol–water partition coefficient (Wildman–Crippen LogP) is 3.48. The van der Waals surface area contributed by atoms with Gasteiger partial charge in [-0.15, -0.1) is 0 Å². The molecule has 0 saturated heterocycles. The second kappa shape index (κ2) is 5.55. The van der Waals surface area contributed by atoms with Crippen LogP contribution in [-0.2, 0) is 0 Å². The van der Waals surface area contributed by atoms with Gasteiger partial charge in [0.2, 0.25) is 0 Å². The molecular formula is C17H20O2. The van der Waals surface area contributed by atoms with E-state index in [4.69, 9.17) is 0 Å². The third kappa shape index (κ3) is 2.86. The molecule has 2 rings (SSSR count). The fourth-order valence-corrected chi connectivity index (χ4v) is 2.28. The van der Waals surface area contributed by atoms with E-state index in [1.165, 1.54) is 0 Å². The maximum Gasteiger partial charge on any atom is 0.0869 e. The van der Waals surface area contributed by atoms with Gasteiger partial charge in [-0.05, 0) is 11.1 Å². The van der Waals surface area contributed by atoms with Crippen molar-refractivity contribution < 1.29 is 10.2 Å². The molecule has 2 atom stereocenters. The average molecular weight is 256 g/mol. The van der Waals surface area contributed by atoms with Crippen molar-refractivity contribution in [1.29, 1.82) is 0 Å². The molecule has 0 aliphatic carbocycles. The lowest BCUT2D eigenvalue weighted by atomic mass is 9.75. The van der Waals surface area contributed by atoms with E-state index in [9.17, 15) is 10.2 Å². The first kappa shape index (κ1) is 13.8. The monoisotopic (exact) mass is 256 g/mol. The first-order valence-corrected chi connectivity index (χ1v) is 6.49. The zero-order valence-corrected chi connectivity index (χ0v) is 11.3. The van der Waals surface area contributed by atoms with E-state index in [0.29, 0.717) is 0 Å². The minimum absolute atomic E-state index is 0.664. The Kier molecular flexibility index (Phi) is 4.03. The van der Waals surface area contributed by atoms with Crippen LogP contribution < -0.4 is 0 Å². The molecule has 0 amide bonds. The Morgan fingerprint density at radius 2 is 1.00 bits per heavy atom. The standard InChI is InChI=1S/C17H20O2/c1-17(2,15(18)13-9-5-3-6-10-13)16(19)14-11-7-4-8-12-14/h3-12,15-16,18-19H,1-2H3/t15-,16+. The van der Waals surface area contributed by atoms with Crippen molar-refractivity contribution in [1.82, 2.24) is 0 Å². The van der Waals surface area contributed by atoms with Gasteiger partial charge in [-0.25, -0.2) is 0 Å². The van der Waals surface area contributed by atoms with Gasteiger partial charge in [0.05, 0.1) is 12.2 Å². The van der Waals surface area contributed by atoms with Gasteiger partial charge in [0, 0.05) is 5.41 Å². The molecule has 0 spiro atoms. The topological polar surface area (TPSA) is 40.5 Å². The van der Waals surface area contributed by atoms with Gasteiger partial charge in [-0.2, -0.15) is 0 Å². The Hall–Kier alpha value is -1.64. The summed E-state index contributed by atoms with van der Waals surface area (Å²) in [5.74, 6) is 0. The van der Waals surface area contributed by atoms with Crippen molar-refractivity contribution in [2.24, 2.45) is 5.41 Å². The van der Waals surface area contributed by atoms with Crippen LogP contribution in [0.1, 0.15) is 37.2 Å². The molecule has 0 heterocycles. The zero-order chi connectivity index (χ0) is 13.9. The zero-order valence-electron chi connectivity index (χ0n) is 11.3. The summed E-state index contributed by atoms with van der Waals surface area (Å²) in [5, 5.41) is 21.0. The van der Waals surface area contributed by atoms with E-state index in [-0.39, 0.29) is 0 Å². The summed E-state index contributed by atoms with van der Waals surface area (Å²) in [6.07, 6.45) is -1.44. The highest BCUT2D eigenvalue weighted by Gasteiger charge is 2.37. The molecule has 0 unspecified atom stereocenters. The van der Waals surface area contributed by atoms with E-state index in [2.05, 4.69) is 0 Å². The average Bonchev–Trinajstić information content (AvgIpc) is 2.47. The van der Waals surface area contributed by atoms with E-state index in [1.54, 1.807) is 0 Å². The summed E-state index contributed by atoms with van der Waals surface area (Å²) in [6, 6.07) is 18.9. The fourth-order valence-electron chi connectivity index (χ4n) is 2.28. The van der Waals surface area contributed by atoms with Crippen molar-refractivity contribution in [3.05, 3.63) is 71.8 Å². The molecule has 2 nitrogen and oxygen atoms in total. The van der Waals surface area contributed by atoms with Gasteiger partial charge in [0.1, 0.15) is 0 Å². The van der Waals surface area contributed by atoms with E-state index in [0.717, 1.165) is 11.1 Å². The maximum atomic E-state index is 10.5. The first-order valence-electron chi connectivity index (χ1n) is 6.49. The molecule has 0 aliphatic heterocycles. The number of hydrogen-bond donors (Lipinski definition) is 2. The lowest BCUT2D eigenvalue weighted by Gasteiger charge is -2.35. The molecule has 0 aromatic heterocycles. The Balaban J connectivity index is 2.27. The summed E-state index contributed by atoms with van der Waals surface area (Å²) >= 11 is 0. The second-order valence-corrected chi connectivity index (χ2v) is 5.45. The van der Waals surface area contributed by atoms with Crippen LogP contribution in [0.4, 0.5) is 0 Å². The van der Waals surface area contributed by atoms with E-state index >= 15 is 0 Å². The van der Waals surface area contributed by atoms with Crippen molar-refractivity contribution in [2.75, 3.05) is 0 Å². The highest BCUT2D eigenvalue weighted by Crippen LogP contribution is 2.43. The van der Waals surface area contributed by atoms with Gasteiger partial charge >= 0.3 is 0 Å². The van der Waals surface area contributed by atoms with Crippen LogP contribution in [0.2, 0.25) is 0 Å². The Labute approximate surface area is 114 Å². The quantitative estimate of drug-likeness (QED) is 0.879. The largest absolute Gasteiger partial charge is 0.388 e. The highest BCUT2D eigenvalue weighted by atomic mass is 16.3. The molecule has 0 radical (unpaired) electrons. The lowest BCUT2D eigenvalue weighted by molar-refractivity contribution is -0.0512.